The number of hydrogen-bond donors (Lipinski definition) is 1. The Morgan fingerprint density at radius 3 is 2.83 bits per heavy atom. The van der Waals surface area contributed by atoms with Gasteiger partial charge in [-0.25, -0.2) is 4.98 Å². The molecule has 2 aromatic rings. The number of benzene rings is 1. The highest BCUT2D eigenvalue weighted by Crippen LogP contribution is 2.25. The third-order valence-corrected chi connectivity index (χ3v) is 5.58. The molecule has 4 nitrogen and oxygen atoms in total. The number of amides is 1. The quantitative estimate of drug-likeness (QED) is 0.764. The molecule has 130 valence electrons. The van der Waals surface area contributed by atoms with E-state index in [0.29, 0.717) is 17.7 Å². The summed E-state index contributed by atoms with van der Waals surface area (Å²) in [7, 11) is 0. The van der Waals surface area contributed by atoms with Crippen LogP contribution in [-0.2, 0) is 11.3 Å². The smallest absolute Gasteiger partial charge is 0.230 e. The van der Waals surface area contributed by atoms with Gasteiger partial charge in [0.15, 0.2) is 5.16 Å². The molecular formula is C19H27N3OS. The number of para-hydroxylation sites is 2. The Balaban J connectivity index is 1.68. The highest BCUT2D eigenvalue weighted by molar-refractivity contribution is 7.99. The number of aryl methyl sites for hydroxylation is 1. The minimum Gasteiger partial charge on any atom is -0.353 e. The molecule has 0 spiro atoms. The van der Waals surface area contributed by atoms with E-state index in [-0.39, 0.29) is 5.91 Å². The number of carbonyl (C=O) groups excluding carboxylic acids is 1. The van der Waals surface area contributed by atoms with Crippen LogP contribution in [0.4, 0.5) is 0 Å². The lowest BCUT2D eigenvalue weighted by molar-refractivity contribution is -0.119. The van der Waals surface area contributed by atoms with Crippen molar-refractivity contribution >= 4 is 28.7 Å². The van der Waals surface area contributed by atoms with Crippen LogP contribution in [0.3, 0.4) is 0 Å². The second kappa shape index (κ2) is 8.06. The van der Waals surface area contributed by atoms with Gasteiger partial charge in [-0.15, -0.1) is 0 Å². The van der Waals surface area contributed by atoms with Crippen LogP contribution in [0.25, 0.3) is 11.0 Å². The molecule has 1 amide bonds. The molecule has 0 saturated heterocycles. The number of nitrogens with one attached hydrogen (secondary N) is 1. The molecule has 3 rings (SSSR count). The first-order chi connectivity index (χ1) is 11.6. The van der Waals surface area contributed by atoms with E-state index in [4.69, 9.17) is 4.98 Å². The highest BCUT2D eigenvalue weighted by atomic mass is 32.2. The van der Waals surface area contributed by atoms with E-state index in [0.717, 1.165) is 42.0 Å². The average molecular weight is 346 g/mol. The largest absolute Gasteiger partial charge is 0.353 e. The maximum Gasteiger partial charge on any atom is 0.230 e. The summed E-state index contributed by atoms with van der Waals surface area (Å²) in [6, 6.07) is 8.62. The zero-order valence-electron chi connectivity index (χ0n) is 14.6. The van der Waals surface area contributed by atoms with Gasteiger partial charge in [0.1, 0.15) is 0 Å². The van der Waals surface area contributed by atoms with Crippen molar-refractivity contribution in [3.63, 3.8) is 0 Å². The fourth-order valence-electron chi connectivity index (χ4n) is 3.24. The van der Waals surface area contributed by atoms with Crippen LogP contribution in [0.2, 0.25) is 0 Å². The Morgan fingerprint density at radius 1 is 1.33 bits per heavy atom. The minimum absolute atomic E-state index is 0.134. The van der Waals surface area contributed by atoms with Crippen molar-refractivity contribution in [2.45, 2.75) is 63.7 Å². The molecular weight excluding hydrogens is 318 g/mol. The lowest BCUT2D eigenvalue weighted by atomic mass is 10.1. The molecule has 1 fully saturated rings. The van der Waals surface area contributed by atoms with Crippen molar-refractivity contribution in [1.82, 2.24) is 14.9 Å². The zero-order valence-corrected chi connectivity index (χ0v) is 15.4. The fraction of sp³-hybridized carbons (Fsp3) is 0.579. The number of hydrogen-bond acceptors (Lipinski definition) is 3. The van der Waals surface area contributed by atoms with Gasteiger partial charge >= 0.3 is 0 Å². The van der Waals surface area contributed by atoms with E-state index >= 15 is 0 Å². The van der Waals surface area contributed by atoms with E-state index < -0.39 is 0 Å². The maximum absolute atomic E-state index is 12.2. The van der Waals surface area contributed by atoms with Gasteiger partial charge in [-0.3, -0.25) is 4.79 Å². The van der Waals surface area contributed by atoms with E-state index in [1.807, 2.05) is 12.1 Å². The standard InChI is InChI=1S/C19H27N3OS/c1-14(2)11-12-22-17-10-6-5-9-16(17)21-19(22)24-13-18(23)20-15-7-3-4-8-15/h5-6,9-10,14-15H,3-4,7-8,11-13H2,1-2H3,(H,20,23). The summed E-state index contributed by atoms with van der Waals surface area (Å²) >= 11 is 1.56. The Morgan fingerprint density at radius 2 is 2.08 bits per heavy atom. The number of nitrogens with zero attached hydrogens (tertiary/aromatic N) is 2. The highest BCUT2D eigenvalue weighted by Gasteiger charge is 2.18. The number of aromatic nitrogens is 2. The first-order valence-electron chi connectivity index (χ1n) is 9.01. The molecule has 0 radical (unpaired) electrons. The summed E-state index contributed by atoms with van der Waals surface area (Å²) in [5, 5.41) is 4.11. The zero-order chi connectivity index (χ0) is 16.9. The number of rotatable bonds is 7. The Labute approximate surface area is 148 Å². The SMILES string of the molecule is CC(C)CCn1c(SCC(=O)NC2CCCC2)nc2ccccc21. The number of fused-ring (bicyclic) bond motifs is 1. The summed E-state index contributed by atoms with van der Waals surface area (Å²) in [5.41, 5.74) is 2.18. The molecule has 24 heavy (non-hydrogen) atoms. The van der Waals surface area contributed by atoms with Crippen molar-refractivity contribution in [1.29, 1.82) is 0 Å². The average Bonchev–Trinajstić information content (AvgIpc) is 3.18. The number of carbonyl (C=O) groups is 1. The Hall–Kier alpha value is -1.49. The maximum atomic E-state index is 12.2. The fourth-order valence-corrected chi connectivity index (χ4v) is 4.09. The summed E-state index contributed by atoms with van der Waals surface area (Å²) in [6.45, 7) is 5.42. The van der Waals surface area contributed by atoms with Gasteiger partial charge in [-0.1, -0.05) is 50.6 Å². The first kappa shape index (κ1) is 17.3. The molecule has 0 atom stereocenters. The third-order valence-electron chi connectivity index (χ3n) is 4.60. The molecule has 1 aromatic heterocycles. The van der Waals surface area contributed by atoms with Gasteiger partial charge in [0.05, 0.1) is 16.8 Å². The second-order valence-corrected chi connectivity index (χ2v) is 8.00. The predicted molar refractivity (Wildman–Crippen MR) is 100 cm³/mol. The van der Waals surface area contributed by atoms with Crippen molar-refractivity contribution in [2.75, 3.05) is 5.75 Å². The third kappa shape index (κ3) is 4.32. The van der Waals surface area contributed by atoms with Crippen molar-refractivity contribution in [3.05, 3.63) is 24.3 Å². The lowest BCUT2D eigenvalue weighted by Gasteiger charge is -2.13. The van der Waals surface area contributed by atoms with Crippen LogP contribution >= 0.6 is 11.8 Å². The summed E-state index contributed by atoms with van der Waals surface area (Å²) in [6.07, 6.45) is 5.85. The van der Waals surface area contributed by atoms with Gasteiger partial charge in [0.2, 0.25) is 5.91 Å². The minimum atomic E-state index is 0.134. The lowest BCUT2D eigenvalue weighted by Crippen LogP contribution is -2.33. The topological polar surface area (TPSA) is 46.9 Å². The molecule has 0 unspecified atom stereocenters. The number of imidazole rings is 1. The van der Waals surface area contributed by atoms with Crippen molar-refractivity contribution < 1.29 is 4.79 Å². The molecule has 1 aliphatic rings. The van der Waals surface area contributed by atoms with Gasteiger partial charge < -0.3 is 9.88 Å². The van der Waals surface area contributed by atoms with Gasteiger partial charge in [-0.2, -0.15) is 0 Å². The van der Waals surface area contributed by atoms with Gasteiger partial charge in [-0.05, 0) is 37.3 Å². The van der Waals surface area contributed by atoms with Crippen molar-refractivity contribution in [3.8, 4) is 0 Å². The number of thioether (sulfide) groups is 1. The normalized spacial score (nSPS) is 15.5. The van der Waals surface area contributed by atoms with Crippen LogP contribution in [0.15, 0.2) is 29.4 Å². The second-order valence-electron chi connectivity index (χ2n) is 7.05. The van der Waals surface area contributed by atoms with Crippen LogP contribution < -0.4 is 5.32 Å². The molecule has 1 N–H and O–H groups in total. The van der Waals surface area contributed by atoms with E-state index in [1.165, 1.54) is 12.8 Å². The van der Waals surface area contributed by atoms with Crippen LogP contribution in [0, 0.1) is 5.92 Å². The first-order valence-corrected chi connectivity index (χ1v) is 9.99. The Kier molecular flexibility index (Phi) is 5.82. The van der Waals surface area contributed by atoms with E-state index in [1.54, 1.807) is 11.8 Å². The molecule has 5 heteroatoms. The van der Waals surface area contributed by atoms with Gasteiger partial charge in [0, 0.05) is 12.6 Å². The Bertz CT molecular complexity index is 689. The summed E-state index contributed by atoms with van der Waals surface area (Å²) < 4.78 is 2.27. The predicted octanol–water partition coefficient (Wildman–Crippen LogP) is 4.23. The molecule has 0 aliphatic heterocycles. The van der Waals surface area contributed by atoms with Gasteiger partial charge in [0.25, 0.3) is 0 Å². The van der Waals surface area contributed by atoms with Crippen LogP contribution in [0.5, 0.6) is 0 Å². The van der Waals surface area contributed by atoms with Crippen molar-refractivity contribution in [2.24, 2.45) is 5.92 Å². The molecule has 1 heterocycles. The van der Waals surface area contributed by atoms with Crippen LogP contribution in [-0.4, -0.2) is 27.3 Å². The van der Waals surface area contributed by atoms with E-state index in [2.05, 4.69) is 35.9 Å². The molecule has 1 aromatic carbocycles. The molecule has 0 bridgehead atoms. The van der Waals surface area contributed by atoms with Crippen LogP contribution in [0.1, 0.15) is 46.0 Å². The molecule has 1 saturated carbocycles. The monoisotopic (exact) mass is 345 g/mol. The summed E-state index contributed by atoms with van der Waals surface area (Å²) in [5.74, 6) is 1.23. The molecule has 1 aliphatic carbocycles. The van der Waals surface area contributed by atoms with E-state index in [9.17, 15) is 4.79 Å². The summed E-state index contributed by atoms with van der Waals surface area (Å²) in [4.78, 5) is 16.9.